The number of hydrogen-bond acceptors (Lipinski definition) is 4. The number of halogens is 3. The van der Waals surface area contributed by atoms with E-state index in [4.69, 9.17) is 10.6 Å². The second-order valence-corrected chi connectivity index (χ2v) is 4.79. The van der Waals surface area contributed by atoms with Crippen LogP contribution in [0, 0.1) is 0 Å². The summed E-state index contributed by atoms with van der Waals surface area (Å²) in [6, 6.07) is 5.03. The number of oxime groups is 1. The van der Waals surface area contributed by atoms with Crippen molar-refractivity contribution >= 4 is 5.71 Å². The summed E-state index contributed by atoms with van der Waals surface area (Å²) in [4.78, 5) is 8.97. The van der Waals surface area contributed by atoms with Crippen LogP contribution in [0.4, 0.5) is 13.2 Å². The molecule has 1 heterocycles. The zero-order valence-electron chi connectivity index (χ0n) is 12.3. The molecule has 124 valence electrons. The summed E-state index contributed by atoms with van der Waals surface area (Å²) in [5, 5.41) is 3.94. The Balaban J connectivity index is 2.20. The average Bonchev–Trinajstić information content (AvgIpc) is 3.03. The summed E-state index contributed by atoms with van der Waals surface area (Å²) in [5.74, 6) is 0. The predicted molar refractivity (Wildman–Crippen MR) is 79.8 cm³/mol. The van der Waals surface area contributed by atoms with Gasteiger partial charge in [0.05, 0.1) is 17.6 Å². The Morgan fingerprint density at radius 3 is 2.83 bits per heavy atom. The fourth-order valence-electron chi connectivity index (χ4n) is 1.95. The Morgan fingerprint density at radius 1 is 1.35 bits per heavy atom. The number of nitrogens with zero attached hydrogens (tertiary/aromatic N) is 3. The van der Waals surface area contributed by atoms with Gasteiger partial charge in [-0.25, -0.2) is 4.98 Å². The molecule has 0 aliphatic rings. The van der Waals surface area contributed by atoms with E-state index in [-0.39, 0.29) is 13.2 Å². The highest BCUT2D eigenvalue weighted by Gasteiger charge is 2.30. The third kappa shape index (κ3) is 5.10. The van der Waals surface area contributed by atoms with E-state index in [0.717, 1.165) is 12.1 Å². The van der Waals surface area contributed by atoms with Crippen LogP contribution < -0.4 is 5.73 Å². The first kappa shape index (κ1) is 17.0. The van der Waals surface area contributed by atoms with Gasteiger partial charge < -0.3 is 15.1 Å². The molecule has 0 amide bonds. The summed E-state index contributed by atoms with van der Waals surface area (Å²) in [5.41, 5.74) is 5.41. The Bertz CT molecular complexity index is 638. The van der Waals surface area contributed by atoms with E-state index in [2.05, 4.69) is 10.1 Å². The van der Waals surface area contributed by atoms with Gasteiger partial charge in [-0.1, -0.05) is 17.3 Å². The minimum Gasteiger partial charge on any atom is -0.394 e. The number of imidazole rings is 1. The standard InChI is InChI=1S/C15H17F3N4O/c16-15(17,18)13-3-1-2-12(10-13)14(21-23-9-5-19)4-7-22-8-6-20-11-22/h1-3,6,8,10-11H,4-5,7,9,19H2. The molecule has 8 heteroatoms. The molecule has 0 saturated carbocycles. The van der Waals surface area contributed by atoms with E-state index in [0.29, 0.717) is 24.2 Å². The normalized spacial score (nSPS) is 12.4. The van der Waals surface area contributed by atoms with Gasteiger partial charge in [-0.15, -0.1) is 0 Å². The molecule has 0 aliphatic heterocycles. The molecule has 0 fully saturated rings. The summed E-state index contributed by atoms with van der Waals surface area (Å²) < 4.78 is 40.4. The third-order valence-corrected chi connectivity index (χ3v) is 3.07. The molecule has 2 N–H and O–H groups in total. The third-order valence-electron chi connectivity index (χ3n) is 3.07. The molecule has 2 rings (SSSR count). The van der Waals surface area contributed by atoms with E-state index >= 15 is 0 Å². The number of nitrogens with two attached hydrogens (primary N) is 1. The Kier molecular flexibility index (Phi) is 5.75. The lowest BCUT2D eigenvalue weighted by Gasteiger charge is -2.11. The van der Waals surface area contributed by atoms with E-state index in [1.165, 1.54) is 6.07 Å². The van der Waals surface area contributed by atoms with E-state index < -0.39 is 11.7 Å². The zero-order valence-corrected chi connectivity index (χ0v) is 12.3. The maximum atomic E-state index is 12.8. The van der Waals surface area contributed by atoms with Crippen LogP contribution in [0.2, 0.25) is 0 Å². The van der Waals surface area contributed by atoms with Gasteiger partial charge in [-0.3, -0.25) is 0 Å². The van der Waals surface area contributed by atoms with Crippen molar-refractivity contribution in [3.8, 4) is 0 Å². The average molecular weight is 326 g/mol. The molecular weight excluding hydrogens is 309 g/mol. The number of alkyl halides is 3. The van der Waals surface area contributed by atoms with Crippen molar-refractivity contribution in [3.63, 3.8) is 0 Å². The molecule has 1 aromatic heterocycles. The maximum absolute atomic E-state index is 12.8. The lowest BCUT2D eigenvalue weighted by atomic mass is 10.0. The number of aryl methyl sites for hydroxylation is 1. The van der Waals surface area contributed by atoms with Crippen molar-refractivity contribution in [1.29, 1.82) is 0 Å². The fraction of sp³-hybridized carbons (Fsp3) is 0.333. The second-order valence-electron chi connectivity index (χ2n) is 4.79. The van der Waals surface area contributed by atoms with Gasteiger partial charge in [0.2, 0.25) is 0 Å². The first-order chi connectivity index (χ1) is 11.0. The Labute approximate surface area is 131 Å². The molecule has 0 spiro atoms. The Hall–Kier alpha value is -2.35. The smallest absolute Gasteiger partial charge is 0.394 e. The van der Waals surface area contributed by atoms with Crippen LogP contribution in [0.3, 0.4) is 0 Å². The largest absolute Gasteiger partial charge is 0.416 e. The molecule has 23 heavy (non-hydrogen) atoms. The van der Waals surface area contributed by atoms with Crippen molar-refractivity contribution in [2.24, 2.45) is 10.9 Å². The minimum atomic E-state index is -4.40. The molecule has 1 aromatic carbocycles. The first-order valence-corrected chi connectivity index (χ1v) is 7.03. The molecule has 0 saturated heterocycles. The SMILES string of the molecule is NCCON=C(CCn1ccnc1)c1cccc(C(F)(F)F)c1. The highest BCUT2D eigenvalue weighted by molar-refractivity contribution is 6.00. The van der Waals surface area contributed by atoms with Crippen LogP contribution >= 0.6 is 0 Å². The maximum Gasteiger partial charge on any atom is 0.416 e. The summed E-state index contributed by atoms with van der Waals surface area (Å²) >= 11 is 0. The van der Waals surface area contributed by atoms with Crippen molar-refractivity contribution in [3.05, 3.63) is 54.1 Å². The molecular formula is C15H17F3N4O. The van der Waals surface area contributed by atoms with Gasteiger partial charge in [0.15, 0.2) is 0 Å². The van der Waals surface area contributed by atoms with Crippen LogP contribution in [-0.2, 0) is 17.6 Å². The van der Waals surface area contributed by atoms with Crippen LogP contribution in [-0.4, -0.2) is 28.4 Å². The van der Waals surface area contributed by atoms with Gasteiger partial charge in [0.25, 0.3) is 0 Å². The van der Waals surface area contributed by atoms with E-state index in [9.17, 15) is 13.2 Å². The lowest BCUT2D eigenvalue weighted by Crippen LogP contribution is -2.12. The topological polar surface area (TPSA) is 65.4 Å². The van der Waals surface area contributed by atoms with Crippen molar-refractivity contribution in [2.45, 2.75) is 19.1 Å². The molecule has 0 unspecified atom stereocenters. The zero-order chi connectivity index (χ0) is 16.7. The Morgan fingerprint density at radius 2 is 2.17 bits per heavy atom. The van der Waals surface area contributed by atoms with Crippen LogP contribution in [0.15, 0.2) is 48.1 Å². The van der Waals surface area contributed by atoms with Gasteiger partial charge in [-0.2, -0.15) is 13.2 Å². The molecule has 0 bridgehead atoms. The molecule has 0 aliphatic carbocycles. The highest BCUT2D eigenvalue weighted by atomic mass is 19.4. The van der Waals surface area contributed by atoms with Gasteiger partial charge >= 0.3 is 6.18 Å². The van der Waals surface area contributed by atoms with E-state index in [1.807, 2.05) is 4.57 Å². The van der Waals surface area contributed by atoms with Gasteiger partial charge in [0, 0.05) is 31.9 Å². The number of aromatic nitrogens is 2. The second kappa shape index (κ2) is 7.77. The van der Waals surface area contributed by atoms with Crippen molar-refractivity contribution in [2.75, 3.05) is 13.2 Å². The summed E-state index contributed by atoms with van der Waals surface area (Å²) in [7, 11) is 0. The van der Waals surface area contributed by atoms with Crippen molar-refractivity contribution in [1.82, 2.24) is 9.55 Å². The van der Waals surface area contributed by atoms with Crippen LogP contribution in [0.5, 0.6) is 0 Å². The first-order valence-electron chi connectivity index (χ1n) is 7.03. The van der Waals surface area contributed by atoms with Crippen LogP contribution in [0.25, 0.3) is 0 Å². The fourth-order valence-corrected chi connectivity index (χ4v) is 1.95. The number of hydrogen-bond donors (Lipinski definition) is 1. The molecule has 0 radical (unpaired) electrons. The quantitative estimate of drug-likeness (QED) is 0.483. The molecule has 2 aromatic rings. The number of rotatable bonds is 7. The van der Waals surface area contributed by atoms with Gasteiger partial charge in [0.1, 0.15) is 6.61 Å². The lowest BCUT2D eigenvalue weighted by molar-refractivity contribution is -0.137. The molecule has 5 nitrogen and oxygen atoms in total. The van der Waals surface area contributed by atoms with Gasteiger partial charge in [-0.05, 0) is 17.7 Å². The van der Waals surface area contributed by atoms with Crippen LogP contribution in [0.1, 0.15) is 17.5 Å². The number of benzene rings is 1. The minimum absolute atomic E-state index is 0.202. The van der Waals surface area contributed by atoms with E-state index in [1.54, 1.807) is 24.8 Å². The summed E-state index contributed by atoms with van der Waals surface area (Å²) in [6.07, 6.45) is 1.03. The summed E-state index contributed by atoms with van der Waals surface area (Å²) in [6.45, 7) is 1.01. The predicted octanol–water partition coefficient (Wildman–Crippen LogP) is 2.67. The molecule has 0 atom stereocenters. The van der Waals surface area contributed by atoms with Crippen molar-refractivity contribution < 1.29 is 18.0 Å². The monoisotopic (exact) mass is 326 g/mol. The highest BCUT2D eigenvalue weighted by Crippen LogP contribution is 2.29.